The number of piperidine rings is 2. The normalized spacial score (nSPS) is 41.4. The highest BCUT2D eigenvalue weighted by molar-refractivity contribution is 6.07. The van der Waals surface area contributed by atoms with Crippen LogP contribution >= 0.6 is 0 Å². The topological polar surface area (TPSA) is 84.2 Å². The van der Waals surface area contributed by atoms with Crippen molar-refractivity contribution in [2.24, 2.45) is 11.8 Å². The zero-order valence-corrected chi connectivity index (χ0v) is 5.89. The van der Waals surface area contributed by atoms with Crippen LogP contribution in [0.2, 0.25) is 0 Å². The summed E-state index contributed by atoms with van der Waals surface area (Å²) in [6.07, 6.45) is 1.10. The van der Waals surface area contributed by atoms with Gasteiger partial charge in [-0.15, -0.1) is 0 Å². The van der Waals surface area contributed by atoms with E-state index in [0.29, 0.717) is 12.8 Å². The molecule has 0 radical (unpaired) electrons. The van der Waals surface area contributed by atoms with Crippen molar-refractivity contribution in [3.8, 4) is 0 Å². The molecule has 0 atom stereocenters. The van der Waals surface area contributed by atoms with Crippen LogP contribution < -0.4 is 16.6 Å². The monoisotopic (exact) mass is 155 g/mol. The molecule has 0 spiro atoms. The van der Waals surface area contributed by atoms with E-state index >= 15 is 0 Å². The molecule has 0 aromatic heterocycles. The molecule has 11 heavy (non-hydrogen) atoms. The number of hydrazine groups is 1. The second-order valence-electron chi connectivity index (χ2n) is 3.15. The number of amides is 2. The van der Waals surface area contributed by atoms with E-state index in [2.05, 4.69) is 10.7 Å². The lowest BCUT2D eigenvalue weighted by molar-refractivity contribution is -0.152. The van der Waals surface area contributed by atoms with Gasteiger partial charge in [-0.25, -0.2) is 5.43 Å². The third-order valence-electron chi connectivity index (χ3n) is 2.51. The quantitative estimate of drug-likeness (QED) is 0.238. The van der Waals surface area contributed by atoms with Crippen LogP contribution in [0.5, 0.6) is 0 Å². The highest BCUT2D eigenvalue weighted by atomic mass is 16.2. The van der Waals surface area contributed by atoms with E-state index in [0.717, 1.165) is 0 Å². The Hall–Kier alpha value is -0.940. The van der Waals surface area contributed by atoms with Crippen LogP contribution in [0.3, 0.4) is 0 Å². The van der Waals surface area contributed by atoms with Crippen LogP contribution in [0.15, 0.2) is 0 Å². The minimum atomic E-state index is -0.640. The van der Waals surface area contributed by atoms with E-state index in [1.54, 1.807) is 0 Å². The molecule has 3 fully saturated rings. The molecule has 2 aliphatic heterocycles. The first-order valence-electron chi connectivity index (χ1n) is 3.51. The van der Waals surface area contributed by atoms with Gasteiger partial charge in [-0.05, 0) is 12.8 Å². The molecular weight excluding hydrogens is 146 g/mol. The predicted molar refractivity (Wildman–Crippen MR) is 35.9 cm³/mol. The molecule has 2 bridgehead atoms. The second-order valence-corrected chi connectivity index (χ2v) is 3.15. The summed E-state index contributed by atoms with van der Waals surface area (Å²) in [7, 11) is 0. The molecular formula is C6H9N3O2. The van der Waals surface area contributed by atoms with Crippen molar-refractivity contribution in [2.75, 3.05) is 0 Å². The third-order valence-corrected chi connectivity index (χ3v) is 2.51. The number of fused-ring (bicyclic) bond motifs is 2. The van der Waals surface area contributed by atoms with E-state index < -0.39 is 5.54 Å². The Morgan fingerprint density at radius 3 is 2.64 bits per heavy atom. The van der Waals surface area contributed by atoms with Gasteiger partial charge in [-0.1, -0.05) is 0 Å². The van der Waals surface area contributed by atoms with Crippen molar-refractivity contribution in [3.05, 3.63) is 0 Å². The minimum absolute atomic E-state index is 0.0104. The largest absolute Gasteiger partial charge is 0.295 e. The number of hydrogen-bond donors (Lipinski definition) is 3. The van der Waals surface area contributed by atoms with Gasteiger partial charge < -0.3 is 0 Å². The molecule has 1 aliphatic carbocycles. The average Bonchev–Trinajstić information content (AvgIpc) is 1.84. The van der Waals surface area contributed by atoms with Gasteiger partial charge in [0.05, 0.1) is 0 Å². The van der Waals surface area contributed by atoms with Gasteiger partial charge in [-0.2, -0.15) is 0 Å². The first kappa shape index (κ1) is 6.75. The number of nitrogens with two attached hydrogens (primary N) is 1. The summed E-state index contributed by atoms with van der Waals surface area (Å²) in [6.45, 7) is 0. The maximum absolute atomic E-state index is 11.1. The fourth-order valence-electron chi connectivity index (χ4n) is 1.67. The molecule has 0 aromatic rings. The van der Waals surface area contributed by atoms with Crippen LogP contribution in [0.4, 0.5) is 0 Å². The average molecular weight is 155 g/mol. The number of hydrogen-bond acceptors (Lipinski definition) is 4. The zero-order chi connectivity index (χ0) is 8.06. The number of rotatable bonds is 1. The summed E-state index contributed by atoms with van der Waals surface area (Å²) < 4.78 is 0. The number of carbonyl (C=O) groups excluding carboxylic acids is 2. The number of nitrogens with one attached hydrogen (secondary N) is 2. The van der Waals surface area contributed by atoms with E-state index in [9.17, 15) is 9.59 Å². The van der Waals surface area contributed by atoms with E-state index in [4.69, 9.17) is 5.84 Å². The van der Waals surface area contributed by atoms with Gasteiger partial charge in [0.1, 0.15) is 5.54 Å². The first-order chi connectivity index (χ1) is 5.18. The molecule has 60 valence electrons. The van der Waals surface area contributed by atoms with Gasteiger partial charge >= 0.3 is 0 Å². The van der Waals surface area contributed by atoms with Crippen molar-refractivity contribution in [1.29, 1.82) is 0 Å². The number of imide groups is 1. The van der Waals surface area contributed by atoms with Crippen molar-refractivity contribution in [2.45, 2.75) is 18.4 Å². The summed E-state index contributed by atoms with van der Waals surface area (Å²) >= 11 is 0. The highest BCUT2D eigenvalue weighted by Gasteiger charge is 2.57. The van der Waals surface area contributed by atoms with Gasteiger partial charge in [0, 0.05) is 5.92 Å². The molecule has 2 heterocycles. The summed E-state index contributed by atoms with van der Waals surface area (Å²) in [6, 6.07) is 0. The maximum atomic E-state index is 11.1. The van der Waals surface area contributed by atoms with Crippen molar-refractivity contribution < 1.29 is 9.59 Å². The molecule has 2 saturated heterocycles. The van der Waals surface area contributed by atoms with Crippen LogP contribution in [0.1, 0.15) is 12.8 Å². The van der Waals surface area contributed by atoms with Crippen LogP contribution in [0, 0.1) is 5.92 Å². The third kappa shape index (κ3) is 0.665. The van der Waals surface area contributed by atoms with Crippen LogP contribution in [-0.4, -0.2) is 17.4 Å². The summed E-state index contributed by atoms with van der Waals surface area (Å²) in [5.74, 6) is 4.73. The maximum Gasteiger partial charge on any atom is 0.248 e. The first-order valence-corrected chi connectivity index (χ1v) is 3.51. The molecule has 5 heteroatoms. The Morgan fingerprint density at radius 2 is 2.18 bits per heavy atom. The Kier molecular flexibility index (Phi) is 1.11. The van der Waals surface area contributed by atoms with Gasteiger partial charge in [0.2, 0.25) is 11.8 Å². The standard InChI is InChI=1S/C6H9N3O2/c7-9-6-1-3(2-6)4(10)8-5(6)11/h3,9H,1-2,7H2,(H,8,10,11). The molecule has 1 saturated carbocycles. The van der Waals surface area contributed by atoms with Gasteiger partial charge in [-0.3, -0.25) is 20.7 Å². The fraction of sp³-hybridized carbons (Fsp3) is 0.667. The van der Waals surface area contributed by atoms with Gasteiger partial charge in [0.25, 0.3) is 0 Å². The van der Waals surface area contributed by atoms with Crippen molar-refractivity contribution >= 4 is 11.8 Å². The molecule has 2 amide bonds. The van der Waals surface area contributed by atoms with Crippen LogP contribution in [-0.2, 0) is 9.59 Å². The smallest absolute Gasteiger partial charge is 0.248 e. The Morgan fingerprint density at radius 1 is 1.55 bits per heavy atom. The Balaban J connectivity index is 2.23. The molecule has 0 aromatic carbocycles. The molecule has 3 rings (SSSR count). The SMILES string of the molecule is NNC12CC(C1)C(=O)NC2=O. The molecule has 0 unspecified atom stereocenters. The lowest BCUT2D eigenvalue weighted by Gasteiger charge is -2.48. The fourth-order valence-corrected chi connectivity index (χ4v) is 1.67. The van der Waals surface area contributed by atoms with Crippen molar-refractivity contribution in [1.82, 2.24) is 10.7 Å². The Labute approximate surface area is 63.3 Å². The molecule has 3 aliphatic rings. The highest BCUT2D eigenvalue weighted by Crippen LogP contribution is 2.40. The zero-order valence-electron chi connectivity index (χ0n) is 5.89. The molecule has 5 nitrogen and oxygen atoms in total. The van der Waals surface area contributed by atoms with E-state index in [-0.39, 0.29) is 17.7 Å². The Bertz CT molecular complexity index is 232. The summed E-state index contributed by atoms with van der Waals surface area (Å²) in [4.78, 5) is 22.0. The minimum Gasteiger partial charge on any atom is -0.295 e. The number of carbonyl (C=O) groups is 2. The lowest BCUT2D eigenvalue weighted by atomic mass is 9.65. The van der Waals surface area contributed by atoms with E-state index in [1.807, 2.05) is 0 Å². The molecule has 4 N–H and O–H groups in total. The second kappa shape index (κ2) is 1.80. The van der Waals surface area contributed by atoms with Crippen molar-refractivity contribution in [3.63, 3.8) is 0 Å². The van der Waals surface area contributed by atoms with Gasteiger partial charge in [0.15, 0.2) is 0 Å². The van der Waals surface area contributed by atoms with E-state index in [1.165, 1.54) is 0 Å². The predicted octanol–water partition coefficient (Wildman–Crippen LogP) is -1.75. The summed E-state index contributed by atoms with van der Waals surface area (Å²) in [5.41, 5.74) is 1.81. The van der Waals surface area contributed by atoms with Crippen LogP contribution in [0.25, 0.3) is 0 Å². The summed E-state index contributed by atoms with van der Waals surface area (Å²) in [5, 5.41) is 2.25. The lowest BCUT2D eigenvalue weighted by Crippen LogP contribution is -2.73.